The Bertz CT molecular complexity index is 627. The first-order chi connectivity index (χ1) is 11.4. The molecule has 2 rings (SSSR count). The fourth-order valence-corrected chi connectivity index (χ4v) is 2.54. The Morgan fingerprint density at radius 2 is 1.92 bits per heavy atom. The molecule has 0 spiro atoms. The lowest BCUT2D eigenvalue weighted by atomic mass is 10.1. The molecule has 0 radical (unpaired) electrons. The van der Waals surface area contributed by atoms with Crippen LogP contribution in [0.1, 0.15) is 49.5 Å². The van der Waals surface area contributed by atoms with E-state index in [9.17, 15) is 4.79 Å². The molecule has 0 heterocycles. The molecule has 6 heteroatoms. The lowest BCUT2D eigenvalue weighted by Crippen LogP contribution is -2.42. The number of guanidine groups is 1. The predicted molar refractivity (Wildman–Crippen MR) is 115 cm³/mol. The Morgan fingerprint density at radius 3 is 2.52 bits per heavy atom. The van der Waals surface area contributed by atoms with Crippen molar-refractivity contribution in [2.75, 3.05) is 7.05 Å². The van der Waals surface area contributed by atoms with Gasteiger partial charge < -0.3 is 16.0 Å². The van der Waals surface area contributed by atoms with Crippen LogP contribution in [0.2, 0.25) is 0 Å². The number of carbonyl (C=O) groups excluding carboxylic acids is 1. The monoisotopic (exact) mass is 456 g/mol. The van der Waals surface area contributed by atoms with Crippen LogP contribution in [0, 0.1) is 0 Å². The highest BCUT2D eigenvalue weighted by Gasteiger charge is 2.15. The van der Waals surface area contributed by atoms with Crippen molar-refractivity contribution in [2.24, 2.45) is 4.99 Å². The second-order valence-electron chi connectivity index (χ2n) is 7.11. The zero-order valence-corrected chi connectivity index (χ0v) is 17.8. The third-order valence-electron chi connectivity index (χ3n) is 3.71. The summed E-state index contributed by atoms with van der Waals surface area (Å²) in [5, 5.41) is 9.69. The van der Waals surface area contributed by atoms with Crippen LogP contribution in [0.25, 0.3) is 0 Å². The summed E-state index contributed by atoms with van der Waals surface area (Å²) in [6.07, 6.45) is 6.43. The molecule has 0 saturated heterocycles. The van der Waals surface area contributed by atoms with E-state index in [4.69, 9.17) is 0 Å². The molecule has 1 aliphatic carbocycles. The zero-order valence-electron chi connectivity index (χ0n) is 15.4. The molecule has 0 aromatic heterocycles. The zero-order chi connectivity index (χ0) is 17.6. The van der Waals surface area contributed by atoms with Gasteiger partial charge in [0.2, 0.25) is 0 Å². The summed E-state index contributed by atoms with van der Waals surface area (Å²) in [7, 11) is 1.77. The Hall–Kier alpha value is -1.57. The van der Waals surface area contributed by atoms with Gasteiger partial charge in [0.1, 0.15) is 0 Å². The Balaban J connectivity index is 0.00000312. The van der Waals surface area contributed by atoms with Crippen molar-refractivity contribution in [1.29, 1.82) is 0 Å². The average Bonchev–Trinajstić information content (AvgIpc) is 3.03. The number of benzene rings is 1. The van der Waals surface area contributed by atoms with Crippen LogP contribution in [-0.4, -0.2) is 30.5 Å². The van der Waals surface area contributed by atoms with Crippen molar-refractivity contribution in [3.8, 4) is 0 Å². The SMILES string of the molecule is CN=C(NCc1cccc(C(=O)NC(C)(C)C)c1)NC1CC=CC1.I. The standard InChI is InChI=1S/C19H28N4O.HI/c1-19(2,3)23-17(24)15-9-7-8-14(12-15)13-21-18(20-4)22-16-10-5-6-11-16;/h5-9,12,16H,10-11,13H2,1-4H3,(H,23,24)(H2,20,21,22);1H. The van der Waals surface area contributed by atoms with Crippen molar-refractivity contribution in [1.82, 2.24) is 16.0 Å². The molecule has 0 unspecified atom stereocenters. The highest BCUT2D eigenvalue weighted by atomic mass is 127. The fourth-order valence-electron chi connectivity index (χ4n) is 2.54. The van der Waals surface area contributed by atoms with E-state index in [1.807, 2.05) is 45.0 Å². The van der Waals surface area contributed by atoms with E-state index < -0.39 is 0 Å². The number of rotatable bonds is 4. The van der Waals surface area contributed by atoms with Gasteiger partial charge in [-0.05, 0) is 51.3 Å². The summed E-state index contributed by atoms with van der Waals surface area (Å²) in [4.78, 5) is 16.5. The first-order valence-corrected chi connectivity index (χ1v) is 8.41. The number of aliphatic imine (C=N–C) groups is 1. The number of carbonyl (C=O) groups is 1. The van der Waals surface area contributed by atoms with Gasteiger partial charge in [0, 0.05) is 30.7 Å². The van der Waals surface area contributed by atoms with Gasteiger partial charge in [0.05, 0.1) is 0 Å². The third-order valence-corrected chi connectivity index (χ3v) is 3.71. The molecule has 0 atom stereocenters. The molecule has 1 aliphatic rings. The minimum atomic E-state index is -0.243. The maximum absolute atomic E-state index is 12.3. The van der Waals surface area contributed by atoms with Crippen molar-refractivity contribution >= 4 is 35.8 Å². The number of amides is 1. The van der Waals surface area contributed by atoms with Crippen LogP contribution in [0.4, 0.5) is 0 Å². The van der Waals surface area contributed by atoms with Crippen molar-refractivity contribution in [3.05, 3.63) is 47.5 Å². The number of hydrogen-bond acceptors (Lipinski definition) is 2. The van der Waals surface area contributed by atoms with E-state index in [-0.39, 0.29) is 35.4 Å². The third kappa shape index (κ3) is 7.46. The molecule has 138 valence electrons. The van der Waals surface area contributed by atoms with Crippen LogP contribution >= 0.6 is 24.0 Å². The van der Waals surface area contributed by atoms with Crippen LogP contribution in [0.3, 0.4) is 0 Å². The average molecular weight is 456 g/mol. The highest BCUT2D eigenvalue weighted by Crippen LogP contribution is 2.10. The van der Waals surface area contributed by atoms with Gasteiger partial charge in [-0.1, -0.05) is 24.3 Å². The maximum atomic E-state index is 12.3. The molecule has 3 N–H and O–H groups in total. The Labute approximate surface area is 167 Å². The quantitative estimate of drug-likeness (QED) is 0.282. The van der Waals surface area contributed by atoms with Gasteiger partial charge in [-0.25, -0.2) is 0 Å². The normalized spacial score (nSPS) is 14.8. The molecule has 0 saturated carbocycles. The second kappa shape index (κ2) is 9.79. The molecule has 1 aromatic rings. The van der Waals surface area contributed by atoms with E-state index in [1.165, 1.54) is 0 Å². The summed E-state index contributed by atoms with van der Waals surface area (Å²) in [5.74, 6) is 0.733. The van der Waals surface area contributed by atoms with Crippen molar-refractivity contribution in [3.63, 3.8) is 0 Å². The number of nitrogens with zero attached hydrogens (tertiary/aromatic N) is 1. The van der Waals surface area contributed by atoms with E-state index in [0.717, 1.165) is 24.4 Å². The molecular formula is C19H29IN4O. The fraction of sp³-hybridized carbons (Fsp3) is 0.474. The van der Waals surface area contributed by atoms with Crippen molar-refractivity contribution < 1.29 is 4.79 Å². The summed E-state index contributed by atoms with van der Waals surface area (Å²) >= 11 is 0. The van der Waals surface area contributed by atoms with Crippen LogP contribution in [0.5, 0.6) is 0 Å². The van der Waals surface area contributed by atoms with Gasteiger partial charge in [-0.2, -0.15) is 0 Å². The van der Waals surface area contributed by atoms with E-state index in [1.54, 1.807) is 7.05 Å². The van der Waals surface area contributed by atoms with Crippen LogP contribution in [-0.2, 0) is 6.54 Å². The first-order valence-electron chi connectivity index (χ1n) is 8.41. The smallest absolute Gasteiger partial charge is 0.251 e. The Kier molecular flexibility index (Phi) is 8.41. The second-order valence-corrected chi connectivity index (χ2v) is 7.11. The van der Waals surface area contributed by atoms with Gasteiger partial charge >= 0.3 is 0 Å². The number of nitrogens with one attached hydrogen (secondary N) is 3. The number of hydrogen-bond donors (Lipinski definition) is 3. The van der Waals surface area contributed by atoms with E-state index in [0.29, 0.717) is 18.2 Å². The maximum Gasteiger partial charge on any atom is 0.251 e. The predicted octanol–water partition coefficient (Wildman–Crippen LogP) is 3.22. The molecule has 0 fully saturated rings. The van der Waals surface area contributed by atoms with Gasteiger partial charge in [-0.15, -0.1) is 24.0 Å². The van der Waals surface area contributed by atoms with Crippen LogP contribution < -0.4 is 16.0 Å². The molecule has 0 bridgehead atoms. The minimum absolute atomic E-state index is 0. The Morgan fingerprint density at radius 1 is 1.24 bits per heavy atom. The topological polar surface area (TPSA) is 65.5 Å². The van der Waals surface area contributed by atoms with Crippen molar-refractivity contribution in [2.45, 2.75) is 51.7 Å². The lowest BCUT2D eigenvalue weighted by Gasteiger charge is -2.21. The minimum Gasteiger partial charge on any atom is -0.353 e. The molecular weight excluding hydrogens is 427 g/mol. The van der Waals surface area contributed by atoms with E-state index >= 15 is 0 Å². The largest absolute Gasteiger partial charge is 0.353 e. The summed E-state index contributed by atoms with van der Waals surface area (Å²) in [5.41, 5.74) is 1.48. The molecule has 5 nitrogen and oxygen atoms in total. The lowest BCUT2D eigenvalue weighted by molar-refractivity contribution is 0.0919. The number of halogens is 1. The molecule has 1 aromatic carbocycles. The van der Waals surface area contributed by atoms with Gasteiger partial charge in [0.15, 0.2) is 5.96 Å². The molecule has 25 heavy (non-hydrogen) atoms. The summed E-state index contributed by atoms with van der Waals surface area (Å²) in [6.45, 7) is 6.55. The van der Waals surface area contributed by atoms with E-state index in [2.05, 4.69) is 33.1 Å². The summed E-state index contributed by atoms with van der Waals surface area (Å²) < 4.78 is 0. The van der Waals surface area contributed by atoms with Gasteiger partial charge in [0.25, 0.3) is 5.91 Å². The molecule has 1 amide bonds. The summed E-state index contributed by atoms with van der Waals surface area (Å²) in [6, 6.07) is 8.08. The van der Waals surface area contributed by atoms with Crippen LogP contribution in [0.15, 0.2) is 41.4 Å². The molecule has 0 aliphatic heterocycles. The first kappa shape index (κ1) is 21.5. The highest BCUT2D eigenvalue weighted by molar-refractivity contribution is 14.0. The van der Waals surface area contributed by atoms with Gasteiger partial charge in [-0.3, -0.25) is 9.79 Å².